The number of aromatic nitrogens is 4. The molecule has 5 N–H and O–H groups in total. The van der Waals surface area contributed by atoms with E-state index in [-0.39, 0.29) is 46.0 Å². The molecule has 240 valence electrons. The number of halogens is 2. The Bertz CT molecular complexity index is 2060. The number of benzene rings is 2. The second-order valence-electron chi connectivity index (χ2n) is 10.6. The van der Waals surface area contributed by atoms with Gasteiger partial charge in [-0.25, -0.2) is 26.9 Å². The van der Waals surface area contributed by atoms with Crippen molar-refractivity contribution in [3.63, 3.8) is 0 Å². The number of nitrogens with zero attached hydrogens (tertiary/aromatic N) is 3. The first-order valence-electron chi connectivity index (χ1n) is 14.3. The molecule has 0 unspecified atom stereocenters. The number of rotatable bonds is 12. The quantitative estimate of drug-likeness (QED) is 0.137. The molecule has 0 spiro atoms. The molecule has 0 bridgehead atoms. The topological polar surface area (TPSA) is 174 Å². The number of ether oxygens (including phenoxy) is 1. The van der Waals surface area contributed by atoms with Crippen molar-refractivity contribution >= 4 is 44.1 Å². The van der Waals surface area contributed by atoms with Crippen molar-refractivity contribution in [2.75, 3.05) is 16.2 Å². The van der Waals surface area contributed by atoms with Gasteiger partial charge in [-0.3, -0.25) is 14.3 Å². The maximum Gasteiger partial charge on any atom is 0.241 e. The minimum Gasteiger partial charge on any atom is -0.436 e. The van der Waals surface area contributed by atoms with Crippen molar-refractivity contribution in [1.29, 1.82) is 0 Å². The van der Waals surface area contributed by atoms with Gasteiger partial charge in [0, 0.05) is 23.0 Å². The Hall–Kier alpha value is -5.31. The number of aromatic amines is 1. The summed E-state index contributed by atoms with van der Waals surface area (Å²) in [7, 11) is -4.23. The highest BCUT2D eigenvalue weighted by molar-refractivity contribution is 7.93. The van der Waals surface area contributed by atoms with E-state index < -0.39 is 39.1 Å². The van der Waals surface area contributed by atoms with Gasteiger partial charge < -0.3 is 20.8 Å². The number of nitrogen functional groups attached to an aromatic ring is 1. The van der Waals surface area contributed by atoms with Gasteiger partial charge in [0.1, 0.15) is 17.4 Å². The van der Waals surface area contributed by atoms with Gasteiger partial charge in [-0.1, -0.05) is 26.0 Å². The highest BCUT2D eigenvalue weighted by atomic mass is 32.2. The third-order valence-corrected chi connectivity index (χ3v) is 8.45. The van der Waals surface area contributed by atoms with E-state index in [2.05, 4.69) is 25.1 Å². The monoisotopic (exact) mass is 651 g/mol. The second kappa shape index (κ2) is 13.0. The van der Waals surface area contributed by atoms with Crippen LogP contribution in [0.25, 0.3) is 16.6 Å². The van der Waals surface area contributed by atoms with E-state index in [1.165, 1.54) is 41.3 Å². The largest absolute Gasteiger partial charge is 0.436 e. The van der Waals surface area contributed by atoms with Crippen molar-refractivity contribution < 1.29 is 31.5 Å². The molecule has 0 aliphatic rings. The van der Waals surface area contributed by atoms with Gasteiger partial charge >= 0.3 is 0 Å². The van der Waals surface area contributed by atoms with Crippen LogP contribution in [0.3, 0.4) is 0 Å². The lowest BCUT2D eigenvalue weighted by molar-refractivity contribution is -0.119. The molecule has 0 aliphatic carbocycles. The third kappa shape index (κ3) is 6.83. The third-order valence-electron chi connectivity index (χ3n) is 7.28. The van der Waals surface area contributed by atoms with Crippen molar-refractivity contribution in [1.82, 2.24) is 25.1 Å². The van der Waals surface area contributed by atoms with E-state index in [1.807, 2.05) is 13.8 Å². The van der Waals surface area contributed by atoms with Crippen LogP contribution in [0.5, 0.6) is 11.6 Å². The average molecular weight is 652 g/mol. The number of H-pyrrole nitrogens is 1. The van der Waals surface area contributed by atoms with Crippen LogP contribution in [0.4, 0.5) is 20.3 Å². The SMILES string of the molecule is CCC(CC)NC(=O)CS(=O)(=O)Nc1cc2[nH]c(C(=O)c3cnn(-c4cnc(Oc5ccccc5F)cc4C)c3N)cc2cc1F. The van der Waals surface area contributed by atoms with Crippen molar-refractivity contribution in [3.05, 3.63) is 89.4 Å². The lowest BCUT2D eigenvalue weighted by atomic mass is 10.1. The molecular formula is C31H31F2N7O5S. The Morgan fingerprint density at radius 1 is 1.07 bits per heavy atom. The van der Waals surface area contributed by atoms with E-state index >= 15 is 0 Å². The molecule has 0 fully saturated rings. The number of pyridine rings is 1. The maximum atomic E-state index is 14.9. The molecule has 46 heavy (non-hydrogen) atoms. The van der Waals surface area contributed by atoms with Crippen LogP contribution in [0, 0.1) is 18.6 Å². The first-order chi connectivity index (χ1) is 21.9. The molecule has 12 nitrogen and oxygen atoms in total. The number of hydrogen-bond donors (Lipinski definition) is 4. The van der Waals surface area contributed by atoms with Gasteiger partial charge in [0.15, 0.2) is 11.6 Å². The zero-order valence-electron chi connectivity index (χ0n) is 25.1. The van der Waals surface area contributed by atoms with Crippen LogP contribution < -0.4 is 20.5 Å². The molecule has 15 heteroatoms. The number of sulfonamides is 1. The van der Waals surface area contributed by atoms with Crippen molar-refractivity contribution in [2.45, 2.75) is 39.7 Å². The number of amides is 1. The summed E-state index contributed by atoms with van der Waals surface area (Å²) in [5.74, 6) is -3.41. The van der Waals surface area contributed by atoms with Gasteiger partial charge in [-0.15, -0.1) is 0 Å². The summed E-state index contributed by atoms with van der Waals surface area (Å²) < 4.78 is 63.1. The number of nitrogens with two attached hydrogens (primary N) is 1. The lowest BCUT2D eigenvalue weighted by Crippen LogP contribution is -2.39. The fourth-order valence-corrected chi connectivity index (χ4v) is 5.79. The molecular weight excluding hydrogens is 620 g/mol. The summed E-state index contributed by atoms with van der Waals surface area (Å²) in [6, 6.07) is 11.0. The van der Waals surface area contributed by atoms with Gasteiger partial charge in [-0.05, 0) is 55.7 Å². The highest BCUT2D eigenvalue weighted by Crippen LogP contribution is 2.29. The van der Waals surface area contributed by atoms with Gasteiger partial charge in [-0.2, -0.15) is 5.10 Å². The zero-order chi connectivity index (χ0) is 33.2. The van der Waals surface area contributed by atoms with E-state index in [4.69, 9.17) is 10.5 Å². The predicted molar refractivity (Wildman–Crippen MR) is 169 cm³/mol. The molecule has 1 amide bonds. The number of carbonyl (C=O) groups is 2. The number of anilines is 2. The number of aryl methyl sites for hydroxylation is 1. The Balaban J connectivity index is 1.34. The van der Waals surface area contributed by atoms with Gasteiger partial charge in [0.2, 0.25) is 27.6 Å². The molecule has 5 rings (SSSR count). The van der Waals surface area contributed by atoms with Crippen LogP contribution in [-0.2, 0) is 14.8 Å². The highest BCUT2D eigenvalue weighted by Gasteiger charge is 2.23. The summed E-state index contributed by atoms with van der Waals surface area (Å²) in [5.41, 5.74) is 7.35. The Morgan fingerprint density at radius 2 is 1.80 bits per heavy atom. The summed E-state index contributed by atoms with van der Waals surface area (Å²) in [4.78, 5) is 32.7. The Labute approximate surface area is 263 Å². The molecule has 0 saturated heterocycles. The van der Waals surface area contributed by atoms with Crippen LogP contribution >= 0.6 is 0 Å². The Morgan fingerprint density at radius 3 is 2.50 bits per heavy atom. The number of fused-ring (bicyclic) bond motifs is 1. The van der Waals surface area contributed by atoms with E-state index in [9.17, 15) is 26.8 Å². The summed E-state index contributed by atoms with van der Waals surface area (Å²) in [6.07, 6.45) is 3.98. The summed E-state index contributed by atoms with van der Waals surface area (Å²) in [6.45, 7) is 5.48. The number of nitrogens with one attached hydrogen (secondary N) is 3. The normalized spacial score (nSPS) is 11.6. The minimum absolute atomic E-state index is 0.00243. The number of ketones is 1. The Kier molecular flexibility index (Phi) is 9.05. The fourth-order valence-electron chi connectivity index (χ4n) is 4.80. The van der Waals surface area contributed by atoms with Crippen LogP contribution in [-0.4, -0.2) is 51.7 Å². The van der Waals surface area contributed by atoms with Crippen molar-refractivity contribution in [2.24, 2.45) is 0 Å². The minimum atomic E-state index is -4.23. The molecule has 0 radical (unpaired) electrons. The average Bonchev–Trinajstić information content (AvgIpc) is 3.59. The van der Waals surface area contributed by atoms with E-state index in [0.29, 0.717) is 29.5 Å². The smallest absolute Gasteiger partial charge is 0.241 e. The van der Waals surface area contributed by atoms with Crippen LogP contribution in [0.2, 0.25) is 0 Å². The molecule has 2 aromatic carbocycles. The molecule has 0 saturated carbocycles. The van der Waals surface area contributed by atoms with Gasteiger partial charge in [0.05, 0.1) is 35.0 Å². The van der Waals surface area contributed by atoms with Crippen LogP contribution in [0.15, 0.2) is 60.9 Å². The van der Waals surface area contributed by atoms with Crippen molar-refractivity contribution in [3.8, 4) is 17.3 Å². The number of hydrogen-bond acceptors (Lipinski definition) is 8. The molecule has 3 heterocycles. The maximum absolute atomic E-state index is 14.9. The fraction of sp³-hybridized carbons (Fsp3) is 0.226. The van der Waals surface area contributed by atoms with E-state index in [1.54, 1.807) is 25.1 Å². The molecule has 5 aromatic rings. The zero-order valence-corrected chi connectivity index (χ0v) is 25.9. The molecule has 3 aromatic heterocycles. The predicted octanol–water partition coefficient (Wildman–Crippen LogP) is 4.99. The number of carbonyl (C=O) groups excluding carboxylic acids is 2. The first kappa shape index (κ1) is 32.1. The lowest BCUT2D eigenvalue weighted by Gasteiger charge is -2.15. The summed E-state index contributed by atoms with van der Waals surface area (Å²) in [5, 5.41) is 7.17. The summed E-state index contributed by atoms with van der Waals surface area (Å²) >= 11 is 0. The standard InChI is InChI=1S/C31H31F2N7O5S/c1-4-19(5-2)37-28(41)16-46(43,44)39-24-13-23-18(11-22(24)33)12-25(38-23)30(42)20-14-36-40(31(20)34)26-15-35-29(10-17(26)3)45-27-9-7-6-8-21(27)32/h6-15,19,38-39H,4-5,16,34H2,1-3H3,(H,37,41). The molecule has 0 atom stereocenters. The van der Waals surface area contributed by atoms with Crippen LogP contribution in [0.1, 0.15) is 48.3 Å². The number of para-hydroxylation sites is 1. The van der Waals surface area contributed by atoms with E-state index in [0.717, 1.165) is 6.07 Å². The second-order valence-corrected chi connectivity index (χ2v) is 12.3. The molecule has 0 aliphatic heterocycles. The van der Waals surface area contributed by atoms with Gasteiger partial charge in [0.25, 0.3) is 0 Å². The first-order valence-corrected chi connectivity index (χ1v) is 15.9.